The van der Waals surface area contributed by atoms with Gasteiger partial charge in [0.1, 0.15) is 0 Å². The van der Waals surface area contributed by atoms with E-state index in [9.17, 15) is 9.59 Å². The maximum Gasteiger partial charge on any atom is 0.326 e. The van der Waals surface area contributed by atoms with Crippen molar-refractivity contribution in [3.05, 3.63) is 64.6 Å². The molecule has 96 valence electrons. The third-order valence-corrected chi connectivity index (χ3v) is 2.84. The molecule has 0 radical (unpaired) electrons. The molecule has 5 heteroatoms. The van der Waals surface area contributed by atoms with Crippen molar-refractivity contribution in [2.24, 2.45) is 0 Å². The summed E-state index contributed by atoms with van der Waals surface area (Å²) in [5.41, 5.74) is 1.04. The van der Waals surface area contributed by atoms with E-state index in [-0.39, 0.29) is 0 Å². The molecule has 0 saturated heterocycles. The predicted molar refractivity (Wildman–Crippen MR) is 77.1 cm³/mol. The maximum absolute atomic E-state index is 11.7. The van der Waals surface area contributed by atoms with Crippen LogP contribution in [0.4, 0.5) is 10.5 Å². The molecule has 2 aromatic carbocycles. The van der Waals surface area contributed by atoms with Crippen molar-refractivity contribution < 1.29 is 9.59 Å². The van der Waals surface area contributed by atoms with Gasteiger partial charge in [0.2, 0.25) is 0 Å². The van der Waals surface area contributed by atoms with Gasteiger partial charge in [-0.05, 0) is 30.3 Å². The minimum absolute atomic E-state index is 0.437. The summed E-state index contributed by atoms with van der Waals surface area (Å²) in [6.07, 6.45) is 0. The van der Waals surface area contributed by atoms with Gasteiger partial charge in [0.15, 0.2) is 0 Å². The van der Waals surface area contributed by atoms with E-state index < -0.39 is 11.9 Å². The molecule has 0 aliphatic carbocycles. The number of anilines is 1. The first kappa shape index (κ1) is 13.3. The Labute approximate surface area is 119 Å². The molecular formula is C14H11BrN2O2. The van der Waals surface area contributed by atoms with Gasteiger partial charge in [-0.15, -0.1) is 0 Å². The third-order valence-electron chi connectivity index (χ3n) is 2.35. The fraction of sp³-hybridized carbons (Fsp3) is 0. The fourth-order valence-corrected chi connectivity index (χ4v) is 1.89. The van der Waals surface area contributed by atoms with Gasteiger partial charge in [-0.25, -0.2) is 4.79 Å². The Morgan fingerprint density at radius 3 is 2.37 bits per heavy atom. The van der Waals surface area contributed by atoms with Crippen LogP contribution in [0.25, 0.3) is 0 Å². The van der Waals surface area contributed by atoms with E-state index in [2.05, 4.69) is 26.6 Å². The summed E-state index contributed by atoms with van der Waals surface area (Å²) in [4.78, 5) is 23.4. The van der Waals surface area contributed by atoms with Crippen molar-refractivity contribution in [2.45, 2.75) is 0 Å². The summed E-state index contributed by atoms with van der Waals surface area (Å²) in [7, 11) is 0. The van der Waals surface area contributed by atoms with Gasteiger partial charge in [-0.2, -0.15) is 0 Å². The van der Waals surface area contributed by atoms with Crippen molar-refractivity contribution in [1.29, 1.82) is 0 Å². The van der Waals surface area contributed by atoms with Crippen molar-refractivity contribution in [1.82, 2.24) is 5.32 Å². The molecule has 19 heavy (non-hydrogen) atoms. The summed E-state index contributed by atoms with van der Waals surface area (Å²) in [5.74, 6) is -0.437. The fourth-order valence-electron chi connectivity index (χ4n) is 1.49. The predicted octanol–water partition coefficient (Wildman–Crippen LogP) is 3.41. The van der Waals surface area contributed by atoms with Crippen LogP contribution in [-0.2, 0) is 0 Å². The van der Waals surface area contributed by atoms with Crippen molar-refractivity contribution in [2.75, 3.05) is 5.32 Å². The first-order chi connectivity index (χ1) is 9.15. The second kappa shape index (κ2) is 6.15. The molecule has 2 aromatic rings. The lowest BCUT2D eigenvalue weighted by molar-refractivity contribution is 0.0967. The van der Waals surface area contributed by atoms with Crippen molar-refractivity contribution in [3.63, 3.8) is 0 Å². The van der Waals surface area contributed by atoms with E-state index >= 15 is 0 Å². The first-order valence-electron chi connectivity index (χ1n) is 5.58. The van der Waals surface area contributed by atoms with E-state index in [1.54, 1.807) is 48.5 Å². The second-order valence-electron chi connectivity index (χ2n) is 3.78. The van der Waals surface area contributed by atoms with Crippen LogP contribution in [0, 0.1) is 0 Å². The van der Waals surface area contributed by atoms with Gasteiger partial charge in [-0.3, -0.25) is 10.1 Å². The van der Waals surface area contributed by atoms with E-state index in [0.717, 1.165) is 4.47 Å². The maximum atomic E-state index is 11.7. The van der Waals surface area contributed by atoms with Crippen LogP contribution in [0.3, 0.4) is 0 Å². The highest BCUT2D eigenvalue weighted by atomic mass is 79.9. The van der Waals surface area contributed by atoms with Crippen LogP contribution in [0.15, 0.2) is 59.1 Å². The number of rotatable bonds is 2. The summed E-state index contributed by atoms with van der Waals surface area (Å²) >= 11 is 3.30. The number of carbonyl (C=O) groups is 2. The number of urea groups is 1. The Morgan fingerprint density at radius 1 is 0.947 bits per heavy atom. The van der Waals surface area contributed by atoms with E-state index in [1.165, 1.54) is 0 Å². The molecule has 0 aliphatic rings. The Hall–Kier alpha value is -2.14. The zero-order valence-corrected chi connectivity index (χ0v) is 11.5. The smallest absolute Gasteiger partial charge is 0.308 e. The van der Waals surface area contributed by atoms with Gasteiger partial charge in [-0.1, -0.05) is 40.2 Å². The molecule has 0 unspecified atom stereocenters. The number of nitrogens with one attached hydrogen (secondary N) is 2. The highest BCUT2D eigenvalue weighted by Crippen LogP contribution is 2.15. The number of hydrogen-bond donors (Lipinski definition) is 2. The van der Waals surface area contributed by atoms with Gasteiger partial charge < -0.3 is 5.32 Å². The monoisotopic (exact) mass is 318 g/mol. The average Bonchev–Trinajstić information content (AvgIpc) is 2.39. The van der Waals surface area contributed by atoms with Gasteiger partial charge >= 0.3 is 6.03 Å². The topological polar surface area (TPSA) is 58.2 Å². The van der Waals surface area contributed by atoms with E-state index in [4.69, 9.17) is 0 Å². The van der Waals surface area contributed by atoms with Gasteiger partial charge in [0, 0.05) is 15.7 Å². The quantitative estimate of drug-likeness (QED) is 0.891. The van der Waals surface area contributed by atoms with E-state index in [0.29, 0.717) is 11.3 Å². The van der Waals surface area contributed by atoms with Crippen LogP contribution in [-0.4, -0.2) is 11.9 Å². The normalized spacial score (nSPS) is 9.74. The second-order valence-corrected chi connectivity index (χ2v) is 4.70. The number of benzene rings is 2. The molecule has 0 aromatic heterocycles. The molecule has 4 nitrogen and oxygen atoms in total. The number of halogens is 1. The molecule has 0 aliphatic heterocycles. The zero-order valence-electron chi connectivity index (χ0n) is 9.89. The lowest BCUT2D eigenvalue weighted by atomic mass is 10.2. The van der Waals surface area contributed by atoms with Gasteiger partial charge in [0.05, 0.1) is 0 Å². The lowest BCUT2D eigenvalue weighted by Crippen LogP contribution is -2.34. The molecule has 2 rings (SSSR count). The lowest BCUT2D eigenvalue weighted by Gasteiger charge is -2.06. The Bertz CT molecular complexity index is 599. The number of amides is 3. The highest BCUT2D eigenvalue weighted by molar-refractivity contribution is 9.10. The Morgan fingerprint density at radius 2 is 1.68 bits per heavy atom. The first-order valence-corrected chi connectivity index (χ1v) is 6.37. The summed E-state index contributed by atoms with van der Waals surface area (Å²) in [5, 5.41) is 4.84. The number of imide groups is 1. The Kier molecular flexibility index (Phi) is 4.30. The van der Waals surface area contributed by atoms with Crippen LogP contribution < -0.4 is 10.6 Å². The molecule has 0 fully saturated rings. The van der Waals surface area contributed by atoms with E-state index in [1.807, 2.05) is 6.07 Å². The minimum Gasteiger partial charge on any atom is -0.308 e. The average molecular weight is 319 g/mol. The summed E-state index contributed by atoms with van der Waals surface area (Å²) in [6.45, 7) is 0. The number of carbonyl (C=O) groups excluding carboxylic acids is 2. The van der Waals surface area contributed by atoms with Crippen molar-refractivity contribution in [3.8, 4) is 0 Å². The van der Waals surface area contributed by atoms with Gasteiger partial charge in [0.25, 0.3) is 5.91 Å². The molecular weight excluding hydrogens is 308 g/mol. The van der Waals surface area contributed by atoms with Crippen LogP contribution in [0.5, 0.6) is 0 Å². The summed E-state index contributed by atoms with van der Waals surface area (Å²) < 4.78 is 0.847. The molecule has 0 saturated carbocycles. The minimum atomic E-state index is -0.563. The zero-order chi connectivity index (χ0) is 13.7. The largest absolute Gasteiger partial charge is 0.326 e. The molecule has 0 heterocycles. The van der Waals surface area contributed by atoms with Crippen LogP contribution >= 0.6 is 15.9 Å². The molecule has 0 spiro atoms. The van der Waals surface area contributed by atoms with Crippen molar-refractivity contribution >= 4 is 33.6 Å². The SMILES string of the molecule is O=C(NC(=O)c1ccccc1)Nc1cccc(Br)c1. The molecule has 3 amide bonds. The van der Waals surface area contributed by atoms with Crippen LogP contribution in [0.2, 0.25) is 0 Å². The number of hydrogen-bond acceptors (Lipinski definition) is 2. The molecule has 0 atom stereocenters. The molecule has 2 N–H and O–H groups in total. The Balaban J connectivity index is 1.97. The van der Waals surface area contributed by atoms with Crippen LogP contribution in [0.1, 0.15) is 10.4 Å². The molecule has 0 bridgehead atoms. The third kappa shape index (κ3) is 3.93. The summed E-state index contributed by atoms with van der Waals surface area (Å²) in [6, 6.07) is 15.1. The standard InChI is InChI=1S/C14H11BrN2O2/c15-11-7-4-8-12(9-11)16-14(19)17-13(18)10-5-2-1-3-6-10/h1-9H,(H2,16,17,18,19). The highest BCUT2D eigenvalue weighted by Gasteiger charge is 2.09.